The van der Waals surface area contributed by atoms with E-state index in [9.17, 15) is 4.79 Å². The Bertz CT molecular complexity index is 542. The molecule has 0 aliphatic rings. The topological polar surface area (TPSA) is 68.9 Å². The maximum atomic E-state index is 11.0. The third-order valence-corrected chi connectivity index (χ3v) is 2.48. The van der Waals surface area contributed by atoms with Gasteiger partial charge in [-0.15, -0.1) is 0 Å². The van der Waals surface area contributed by atoms with Crippen LogP contribution in [-0.2, 0) is 0 Å². The van der Waals surface area contributed by atoms with Crippen LogP contribution in [0.15, 0.2) is 41.3 Å². The van der Waals surface area contributed by atoms with Gasteiger partial charge >= 0.3 is 0 Å². The molecule has 4 nitrogen and oxygen atoms in total. The van der Waals surface area contributed by atoms with Crippen LogP contribution in [0.3, 0.4) is 0 Å². The Morgan fingerprint density at radius 3 is 2.81 bits per heavy atom. The molecule has 5 heteroatoms. The zero-order valence-corrected chi connectivity index (χ0v) is 9.81. The van der Waals surface area contributed by atoms with Gasteiger partial charge in [0.05, 0.1) is 11.3 Å². The van der Waals surface area contributed by atoms with Gasteiger partial charge in [-0.05, 0) is 34.1 Å². The Morgan fingerprint density at radius 1 is 1.31 bits per heavy atom. The van der Waals surface area contributed by atoms with Crippen molar-refractivity contribution >= 4 is 21.8 Å². The van der Waals surface area contributed by atoms with Crippen LogP contribution < -0.4 is 5.73 Å². The van der Waals surface area contributed by atoms with Crippen molar-refractivity contribution in [3.8, 4) is 11.3 Å². The zero-order valence-electron chi connectivity index (χ0n) is 8.22. The Kier molecular flexibility index (Phi) is 2.96. The molecule has 2 aromatic heterocycles. The Labute approximate surface area is 101 Å². The molecule has 0 unspecified atom stereocenters. The van der Waals surface area contributed by atoms with E-state index in [1.165, 1.54) is 6.20 Å². The molecule has 2 N–H and O–H groups in total. The van der Waals surface area contributed by atoms with Gasteiger partial charge < -0.3 is 5.73 Å². The number of pyridine rings is 2. The average molecular weight is 278 g/mol. The van der Waals surface area contributed by atoms with E-state index in [4.69, 9.17) is 5.73 Å². The predicted molar refractivity (Wildman–Crippen MR) is 63.7 cm³/mol. The van der Waals surface area contributed by atoms with Gasteiger partial charge in [-0.1, -0.05) is 6.07 Å². The zero-order chi connectivity index (χ0) is 11.5. The molecule has 0 aromatic carbocycles. The Hall–Kier alpha value is -1.75. The molecule has 2 aromatic rings. The van der Waals surface area contributed by atoms with E-state index < -0.39 is 5.91 Å². The summed E-state index contributed by atoms with van der Waals surface area (Å²) in [7, 11) is 0. The van der Waals surface area contributed by atoms with Crippen LogP contribution in [0.5, 0.6) is 0 Å². The van der Waals surface area contributed by atoms with E-state index in [0.29, 0.717) is 5.56 Å². The SMILES string of the molecule is NC(=O)c1cncc(-c2cccc(Br)n2)c1. The first-order valence-corrected chi connectivity index (χ1v) is 5.34. The van der Waals surface area contributed by atoms with Gasteiger partial charge in [-0.25, -0.2) is 4.98 Å². The van der Waals surface area contributed by atoms with Gasteiger partial charge in [-0.2, -0.15) is 0 Å². The summed E-state index contributed by atoms with van der Waals surface area (Å²) in [5.74, 6) is -0.496. The number of nitrogens with two attached hydrogens (primary N) is 1. The number of nitrogens with zero attached hydrogens (tertiary/aromatic N) is 2. The number of primary amides is 1. The monoisotopic (exact) mass is 277 g/mol. The van der Waals surface area contributed by atoms with Crippen LogP contribution in [0.2, 0.25) is 0 Å². The first-order chi connectivity index (χ1) is 7.66. The van der Waals surface area contributed by atoms with Crippen molar-refractivity contribution in [1.82, 2.24) is 9.97 Å². The van der Waals surface area contributed by atoms with Crippen LogP contribution in [0.4, 0.5) is 0 Å². The fourth-order valence-corrected chi connectivity index (χ4v) is 1.63. The molecule has 80 valence electrons. The van der Waals surface area contributed by atoms with Crippen molar-refractivity contribution in [2.75, 3.05) is 0 Å². The van der Waals surface area contributed by atoms with Gasteiger partial charge in [0.25, 0.3) is 0 Å². The second kappa shape index (κ2) is 4.40. The van der Waals surface area contributed by atoms with Crippen molar-refractivity contribution in [1.29, 1.82) is 0 Å². The van der Waals surface area contributed by atoms with E-state index in [0.717, 1.165) is 15.9 Å². The minimum atomic E-state index is -0.496. The first kappa shape index (κ1) is 10.8. The maximum absolute atomic E-state index is 11.0. The van der Waals surface area contributed by atoms with Crippen molar-refractivity contribution < 1.29 is 4.79 Å². The molecular weight excluding hydrogens is 270 g/mol. The Morgan fingerprint density at radius 2 is 2.12 bits per heavy atom. The normalized spacial score (nSPS) is 10.1. The summed E-state index contributed by atoms with van der Waals surface area (Å²) in [6.45, 7) is 0. The number of rotatable bonds is 2. The van der Waals surface area contributed by atoms with E-state index in [1.54, 1.807) is 12.3 Å². The molecule has 1 amide bonds. The van der Waals surface area contributed by atoms with Crippen LogP contribution in [-0.4, -0.2) is 15.9 Å². The van der Waals surface area contributed by atoms with Gasteiger partial charge in [0, 0.05) is 18.0 Å². The predicted octanol–water partition coefficient (Wildman–Crippen LogP) is 2.00. The molecule has 0 saturated heterocycles. The lowest BCUT2D eigenvalue weighted by Crippen LogP contribution is -2.11. The number of carbonyl (C=O) groups is 1. The number of hydrogen-bond donors (Lipinski definition) is 1. The van der Waals surface area contributed by atoms with Gasteiger partial charge in [0.2, 0.25) is 5.91 Å². The standard InChI is InChI=1S/C11H8BrN3O/c12-10-3-1-2-9(15-10)7-4-8(11(13)16)6-14-5-7/h1-6H,(H2,13,16). The molecule has 0 radical (unpaired) electrons. The molecule has 0 spiro atoms. The summed E-state index contributed by atoms with van der Waals surface area (Å²) in [5.41, 5.74) is 7.06. The lowest BCUT2D eigenvalue weighted by atomic mass is 10.1. The van der Waals surface area contributed by atoms with Crippen molar-refractivity contribution in [2.45, 2.75) is 0 Å². The van der Waals surface area contributed by atoms with Crippen LogP contribution in [0, 0.1) is 0 Å². The van der Waals surface area contributed by atoms with Crippen molar-refractivity contribution in [2.24, 2.45) is 5.73 Å². The molecule has 0 fully saturated rings. The minimum Gasteiger partial charge on any atom is -0.366 e. The number of hydrogen-bond acceptors (Lipinski definition) is 3. The molecular formula is C11H8BrN3O. The summed E-state index contributed by atoms with van der Waals surface area (Å²) in [6.07, 6.45) is 3.07. The first-order valence-electron chi connectivity index (χ1n) is 4.54. The molecule has 0 atom stereocenters. The number of carbonyl (C=O) groups excluding carboxylic acids is 1. The minimum absolute atomic E-state index is 0.374. The lowest BCUT2D eigenvalue weighted by Gasteiger charge is -2.02. The molecule has 0 aliphatic carbocycles. The third-order valence-electron chi connectivity index (χ3n) is 2.03. The number of halogens is 1. The summed E-state index contributed by atoms with van der Waals surface area (Å²) >= 11 is 3.28. The second-order valence-electron chi connectivity index (χ2n) is 3.17. The average Bonchev–Trinajstić information content (AvgIpc) is 2.29. The van der Waals surface area contributed by atoms with Crippen LogP contribution in [0.25, 0.3) is 11.3 Å². The number of aromatic nitrogens is 2. The summed E-state index contributed by atoms with van der Waals surface area (Å²) in [4.78, 5) is 19.2. The highest BCUT2D eigenvalue weighted by Gasteiger charge is 2.05. The summed E-state index contributed by atoms with van der Waals surface area (Å²) in [5, 5.41) is 0. The van der Waals surface area contributed by atoms with Gasteiger partial charge in [0.1, 0.15) is 4.60 Å². The van der Waals surface area contributed by atoms with Crippen LogP contribution in [0.1, 0.15) is 10.4 Å². The second-order valence-corrected chi connectivity index (χ2v) is 3.98. The number of amides is 1. The molecule has 0 saturated carbocycles. The fraction of sp³-hybridized carbons (Fsp3) is 0. The summed E-state index contributed by atoms with van der Waals surface area (Å²) < 4.78 is 0.731. The molecule has 16 heavy (non-hydrogen) atoms. The van der Waals surface area contributed by atoms with Crippen LogP contribution >= 0.6 is 15.9 Å². The molecule has 2 rings (SSSR count). The highest BCUT2D eigenvalue weighted by atomic mass is 79.9. The smallest absolute Gasteiger partial charge is 0.250 e. The third kappa shape index (κ3) is 2.25. The van der Waals surface area contributed by atoms with E-state index >= 15 is 0 Å². The van der Waals surface area contributed by atoms with Gasteiger partial charge in [-0.3, -0.25) is 9.78 Å². The van der Waals surface area contributed by atoms with E-state index in [2.05, 4.69) is 25.9 Å². The molecule has 0 bridgehead atoms. The fourth-order valence-electron chi connectivity index (χ4n) is 1.28. The quantitative estimate of drug-likeness (QED) is 0.854. The molecule has 2 heterocycles. The van der Waals surface area contributed by atoms with E-state index in [-0.39, 0.29) is 0 Å². The highest BCUT2D eigenvalue weighted by molar-refractivity contribution is 9.10. The van der Waals surface area contributed by atoms with E-state index in [1.807, 2.05) is 18.2 Å². The summed E-state index contributed by atoms with van der Waals surface area (Å²) in [6, 6.07) is 7.20. The van der Waals surface area contributed by atoms with Gasteiger partial charge in [0.15, 0.2) is 0 Å². The van der Waals surface area contributed by atoms with Crippen molar-refractivity contribution in [3.63, 3.8) is 0 Å². The maximum Gasteiger partial charge on any atom is 0.250 e. The highest BCUT2D eigenvalue weighted by Crippen LogP contribution is 2.19. The van der Waals surface area contributed by atoms with Crippen molar-refractivity contribution in [3.05, 3.63) is 46.8 Å². The largest absolute Gasteiger partial charge is 0.366 e. The Balaban J connectivity index is 2.48. The lowest BCUT2D eigenvalue weighted by molar-refractivity contribution is 0.1000. The molecule has 0 aliphatic heterocycles.